The second-order valence-corrected chi connectivity index (χ2v) is 3.99. The van der Waals surface area contributed by atoms with Crippen molar-refractivity contribution in [3.63, 3.8) is 0 Å². The molecule has 1 heterocycles. The molecular weight excluding hydrogens is 198 g/mol. The van der Waals surface area contributed by atoms with E-state index in [0.717, 1.165) is 15.8 Å². The van der Waals surface area contributed by atoms with Gasteiger partial charge in [-0.05, 0) is 18.4 Å². The van der Waals surface area contributed by atoms with Crippen LogP contribution in [-0.4, -0.2) is 11.2 Å². The van der Waals surface area contributed by atoms with Crippen molar-refractivity contribution in [1.29, 1.82) is 0 Å². The molecule has 0 radical (unpaired) electrons. The molecule has 0 aliphatic carbocycles. The Labute approximate surface area is 87.0 Å². The number of nitrogens with zero attached hydrogens (tertiary/aromatic N) is 1. The highest BCUT2D eigenvalue weighted by Crippen LogP contribution is 2.29. The molecule has 0 saturated carbocycles. The van der Waals surface area contributed by atoms with Crippen LogP contribution in [0.1, 0.15) is 0 Å². The maximum absolute atomic E-state index is 4.46. The molecule has 13 heavy (non-hydrogen) atoms. The van der Waals surface area contributed by atoms with Crippen LogP contribution in [-0.2, 0) is 0 Å². The quantitative estimate of drug-likeness (QED) is 0.569. The normalized spacial score (nSPS) is 10.6. The van der Waals surface area contributed by atoms with Gasteiger partial charge in [-0.3, -0.25) is 4.98 Å². The number of thiol groups is 1. The van der Waals surface area contributed by atoms with E-state index in [4.69, 9.17) is 0 Å². The van der Waals surface area contributed by atoms with E-state index in [2.05, 4.69) is 29.7 Å². The summed E-state index contributed by atoms with van der Waals surface area (Å²) in [6, 6.07) is 8.14. The maximum Gasteiger partial charge on any atom is 0.0846 e. The largest absolute Gasteiger partial charge is 0.255 e. The molecule has 1 nitrogen and oxygen atoms in total. The molecule has 0 N–H and O–H groups in total. The van der Waals surface area contributed by atoms with Crippen molar-refractivity contribution in [1.82, 2.24) is 4.98 Å². The van der Waals surface area contributed by atoms with Crippen molar-refractivity contribution in [2.24, 2.45) is 0 Å². The highest BCUT2D eigenvalue weighted by molar-refractivity contribution is 7.99. The highest BCUT2D eigenvalue weighted by Gasteiger charge is 2.02. The summed E-state index contributed by atoms with van der Waals surface area (Å²) in [5, 5.41) is 1.14. The SMILES string of the molecule is CSc1ccc2cccnc2c1S. The van der Waals surface area contributed by atoms with Gasteiger partial charge in [0.2, 0.25) is 0 Å². The van der Waals surface area contributed by atoms with Gasteiger partial charge in [-0.2, -0.15) is 0 Å². The molecule has 0 amide bonds. The number of hydrogen-bond acceptors (Lipinski definition) is 3. The van der Waals surface area contributed by atoms with Gasteiger partial charge in [0.15, 0.2) is 0 Å². The van der Waals surface area contributed by atoms with Gasteiger partial charge >= 0.3 is 0 Å². The number of rotatable bonds is 1. The zero-order chi connectivity index (χ0) is 9.26. The highest BCUT2D eigenvalue weighted by atomic mass is 32.2. The minimum absolute atomic E-state index is 0.977. The summed E-state index contributed by atoms with van der Waals surface area (Å²) in [5.41, 5.74) is 0.984. The van der Waals surface area contributed by atoms with Crippen LogP contribution < -0.4 is 0 Å². The molecule has 1 aromatic carbocycles. The molecule has 0 spiro atoms. The first kappa shape index (κ1) is 8.91. The van der Waals surface area contributed by atoms with Crippen LogP contribution in [0.2, 0.25) is 0 Å². The fraction of sp³-hybridized carbons (Fsp3) is 0.100. The Hall–Kier alpha value is -0.670. The van der Waals surface area contributed by atoms with Crippen LogP contribution in [0, 0.1) is 0 Å². The number of pyridine rings is 1. The molecule has 2 rings (SSSR count). The summed E-state index contributed by atoms with van der Waals surface area (Å²) in [4.78, 5) is 6.45. The van der Waals surface area contributed by atoms with Gasteiger partial charge in [-0.25, -0.2) is 0 Å². The van der Waals surface area contributed by atoms with Crippen LogP contribution in [0.15, 0.2) is 40.3 Å². The van der Waals surface area contributed by atoms with Crippen molar-refractivity contribution in [2.45, 2.75) is 9.79 Å². The van der Waals surface area contributed by atoms with Crippen molar-refractivity contribution in [3.05, 3.63) is 30.5 Å². The number of thioether (sulfide) groups is 1. The van der Waals surface area contributed by atoms with E-state index >= 15 is 0 Å². The third kappa shape index (κ3) is 1.54. The van der Waals surface area contributed by atoms with Crippen molar-refractivity contribution < 1.29 is 0 Å². The van der Waals surface area contributed by atoms with Gasteiger partial charge < -0.3 is 0 Å². The van der Waals surface area contributed by atoms with E-state index in [0.29, 0.717) is 0 Å². The third-order valence-corrected chi connectivity index (χ3v) is 3.31. The molecule has 66 valence electrons. The minimum atomic E-state index is 0.977. The van der Waals surface area contributed by atoms with Crippen molar-refractivity contribution >= 4 is 35.3 Å². The number of benzene rings is 1. The first-order valence-corrected chi connectivity index (χ1v) is 5.61. The summed E-state index contributed by atoms with van der Waals surface area (Å²) in [5.74, 6) is 0. The van der Waals surface area contributed by atoms with E-state index in [1.165, 1.54) is 4.90 Å². The zero-order valence-corrected chi connectivity index (χ0v) is 8.90. The summed E-state index contributed by atoms with van der Waals surface area (Å²) >= 11 is 6.15. The predicted octanol–water partition coefficient (Wildman–Crippen LogP) is 3.25. The van der Waals surface area contributed by atoms with E-state index in [1.807, 2.05) is 18.4 Å². The summed E-state index contributed by atoms with van der Waals surface area (Å²) < 4.78 is 0. The molecule has 0 aliphatic heterocycles. The van der Waals surface area contributed by atoms with Crippen LogP contribution >= 0.6 is 24.4 Å². The minimum Gasteiger partial charge on any atom is -0.255 e. The van der Waals surface area contributed by atoms with Gasteiger partial charge in [0, 0.05) is 21.4 Å². The maximum atomic E-state index is 4.46. The summed E-state index contributed by atoms with van der Waals surface area (Å²) in [7, 11) is 0. The second-order valence-electron chi connectivity index (χ2n) is 2.69. The lowest BCUT2D eigenvalue weighted by Gasteiger charge is -2.04. The van der Waals surface area contributed by atoms with Gasteiger partial charge in [0.25, 0.3) is 0 Å². The Morgan fingerprint density at radius 3 is 2.92 bits per heavy atom. The van der Waals surface area contributed by atoms with E-state index in [-0.39, 0.29) is 0 Å². The number of hydrogen-bond donors (Lipinski definition) is 1. The standard InChI is InChI=1S/C10H9NS2/c1-13-8-5-4-7-3-2-6-11-9(7)10(8)12/h2-6,12H,1H3. The zero-order valence-electron chi connectivity index (χ0n) is 7.19. The Morgan fingerprint density at radius 1 is 1.31 bits per heavy atom. The molecule has 0 aliphatic rings. The fourth-order valence-electron chi connectivity index (χ4n) is 1.28. The molecule has 0 atom stereocenters. The van der Waals surface area contributed by atoms with Gasteiger partial charge in [-0.15, -0.1) is 24.4 Å². The molecule has 3 heteroatoms. The lowest BCUT2D eigenvalue weighted by Crippen LogP contribution is -1.82. The van der Waals surface area contributed by atoms with Crippen molar-refractivity contribution in [2.75, 3.05) is 6.26 Å². The Bertz CT molecular complexity index is 440. The van der Waals surface area contributed by atoms with Crippen LogP contribution in [0.5, 0.6) is 0 Å². The van der Waals surface area contributed by atoms with E-state index in [1.54, 1.807) is 18.0 Å². The van der Waals surface area contributed by atoms with Crippen molar-refractivity contribution in [3.8, 4) is 0 Å². The summed E-state index contributed by atoms with van der Waals surface area (Å²) in [6.45, 7) is 0. The molecule has 0 unspecified atom stereocenters. The van der Waals surface area contributed by atoms with E-state index in [9.17, 15) is 0 Å². The second kappa shape index (κ2) is 3.60. The van der Waals surface area contributed by atoms with Gasteiger partial charge in [-0.1, -0.05) is 12.1 Å². The molecule has 0 bridgehead atoms. The van der Waals surface area contributed by atoms with E-state index < -0.39 is 0 Å². The first-order chi connectivity index (χ1) is 6.33. The Morgan fingerprint density at radius 2 is 2.15 bits per heavy atom. The Balaban J connectivity index is 2.79. The fourth-order valence-corrected chi connectivity index (χ4v) is 2.31. The molecular formula is C10H9NS2. The molecule has 2 aromatic rings. The summed E-state index contributed by atoms with van der Waals surface area (Å²) in [6.07, 6.45) is 3.84. The topological polar surface area (TPSA) is 12.9 Å². The average Bonchev–Trinajstić information content (AvgIpc) is 2.19. The predicted molar refractivity (Wildman–Crippen MR) is 60.8 cm³/mol. The lowest BCUT2D eigenvalue weighted by molar-refractivity contribution is 1.25. The number of aromatic nitrogens is 1. The monoisotopic (exact) mass is 207 g/mol. The number of fused-ring (bicyclic) bond motifs is 1. The van der Waals surface area contributed by atoms with Gasteiger partial charge in [0.1, 0.15) is 0 Å². The van der Waals surface area contributed by atoms with Crippen LogP contribution in [0.4, 0.5) is 0 Å². The van der Waals surface area contributed by atoms with Crippen LogP contribution in [0.25, 0.3) is 10.9 Å². The Kier molecular flexibility index (Phi) is 2.47. The smallest absolute Gasteiger partial charge is 0.0846 e. The molecule has 0 saturated heterocycles. The average molecular weight is 207 g/mol. The van der Waals surface area contributed by atoms with Gasteiger partial charge in [0.05, 0.1) is 5.52 Å². The molecule has 0 fully saturated rings. The molecule has 1 aromatic heterocycles. The first-order valence-electron chi connectivity index (χ1n) is 3.93. The van der Waals surface area contributed by atoms with Crippen LogP contribution in [0.3, 0.4) is 0 Å². The third-order valence-electron chi connectivity index (χ3n) is 1.93. The lowest BCUT2D eigenvalue weighted by atomic mass is 10.2.